The van der Waals surface area contributed by atoms with Crippen molar-refractivity contribution in [3.63, 3.8) is 0 Å². The van der Waals surface area contributed by atoms with Crippen molar-refractivity contribution in [3.8, 4) is 0 Å². The molecule has 4 nitrogen and oxygen atoms in total. The van der Waals surface area contributed by atoms with Crippen LogP contribution in [0, 0.1) is 11.6 Å². The van der Waals surface area contributed by atoms with Gasteiger partial charge in [0.25, 0.3) is 0 Å². The van der Waals surface area contributed by atoms with Crippen molar-refractivity contribution in [1.82, 2.24) is 15.5 Å². The van der Waals surface area contributed by atoms with Crippen LogP contribution in [0.4, 0.5) is 8.78 Å². The molecule has 0 bridgehead atoms. The summed E-state index contributed by atoms with van der Waals surface area (Å²) in [5.41, 5.74) is 0.0877. The van der Waals surface area contributed by atoms with E-state index in [4.69, 9.17) is 0 Å². The van der Waals surface area contributed by atoms with Gasteiger partial charge in [0.1, 0.15) is 0 Å². The van der Waals surface area contributed by atoms with E-state index >= 15 is 0 Å². The Balaban J connectivity index is 0.00000220. The first-order valence-corrected chi connectivity index (χ1v) is 6.79. The number of piperazine rings is 1. The maximum absolute atomic E-state index is 13.4. The topological polar surface area (TPSA) is 44.4 Å². The number of hydrogen-bond donors (Lipinski definition) is 2. The lowest BCUT2D eigenvalue weighted by Crippen LogP contribution is -2.46. The van der Waals surface area contributed by atoms with Crippen molar-refractivity contribution < 1.29 is 13.6 Å². The minimum atomic E-state index is -0.940. The van der Waals surface area contributed by atoms with Gasteiger partial charge in [-0.3, -0.25) is 9.69 Å². The lowest BCUT2D eigenvalue weighted by atomic mass is 10.1. The third-order valence-electron chi connectivity index (χ3n) is 3.34. The molecule has 1 aromatic rings. The van der Waals surface area contributed by atoms with Gasteiger partial charge in [-0.15, -0.1) is 12.4 Å². The summed E-state index contributed by atoms with van der Waals surface area (Å²) in [5, 5.41) is 5.99. The molecule has 1 aliphatic heterocycles. The largest absolute Gasteiger partial charge is 0.355 e. The fourth-order valence-electron chi connectivity index (χ4n) is 2.21. The fraction of sp³-hybridized carbons (Fsp3) is 0.500. The van der Waals surface area contributed by atoms with Gasteiger partial charge >= 0.3 is 0 Å². The number of nitrogens with one attached hydrogen (secondary N) is 2. The van der Waals surface area contributed by atoms with Crippen molar-refractivity contribution in [1.29, 1.82) is 0 Å². The molecule has 1 aromatic carbocycles. The monoisotopic (exact) mass is 319 g/mol. The Bertz CT molecular complexity index is 468. The molecule has 0 atom stereocenters. The number of amides is 1. The van der Waals surface area contributed by atoms with Gasteiger partial charge in [-0.1, -0.05) is 12.1 Å². The van der Waals surface area contributed by atoms with E-state index in [2.05, 4.69) is 15.5 Å². The first-order chi connectivity index (χ1) is 9.66. The maximum atomic E-state index is 13.4. The number of benzene rings is 1. The second kappa shape index (κ2) is 8.92. The molecular weight excluding hydrogens is 300 g/mol. The average molecular weight is 320 g/mol. The molecule has 1 aliphatic rings. The number of rotatable bonds is 5. The Morgan fingerprint density at radius 3 is 2.71 bits per heavy atom. The zero-order valence-electron chi connectivity index (χ0n) is 11.7. The number of carbonyl (C=O) groups excluding carboxylic acids is 1. The first-order valence-electron chi connectivity index (χ1n) is 6.79. The van der Waals surface area contributed by atoms with Gasteiger partial charge in [0.15, 0.2) is 11.6 Å². The summed E-state index contributed by atoms with van der Waals surface area (Å²) in [5.74, 6) is -2.15. The lowest BCUT2D eigenvalue weighted by molar-refractivity contribution is -0.120. The fourth-order valence-corrected chi connectivity index (χ4v) is 2.21. The summed E-state index contributed by atoms with van der Waals surface area (Å²) in [6.07, 6.45) is -0.134. The van der Waals surface area contributed by atoms with Gasteiger partial charge in [-0.2, -0.15) is 0 Å². The van der Waals surface area contributed by atoms with E-state index in [1.54, 1.807) is 0 Å². The summed E-state index contributed by atoms with van der Waals surface area (Å²) >= 11 is 0. The molecule has 2 rings (SSSR count). The molecule has 21 heavy (non-hydrogen) atoms. The Hall–Kier alpha value is -1.24. The van der Waals surface area contributed by atoms with Crippen LogP contribution < -0.4 is 10.6 Å². The molecule has 0 aromatic heterocycles. The van der Waals surface area contributed by atoms with Crippen molar-refractivity contribution in [2.75, 3.05) is 39.3 Å². The summed E-state index contributed by atoms with van der Waals surface area (Å²) in [7, 11) is 0. The van der Waals surface area contributed by atoms with Crippen LogP contribution >= 0.6 is 12.4 Å². The van der Waals surface area contributed by atoms with E-state index in [9.17, 15) is 13.6 Å². The summed E-state index contributed by atoms with van der Waals surface area (Å²) in [6, 6.07) is 3.87. The Morgan fingerprint density at radius 1 is 1.29 bits per heavy atom. The molecular formula is C14H20ClF2N3O. The smallest absolute Gasteiger partial charge is 0.224 e. The summed E-state index contributed by atoms with van der Waals surface area (Å²) in [6.45, 7) is 5.16. The molecule has 1 saturated heterocycles. The molecule has 118 valence electrons. The third-order valence-corrected chi connectivity index (χ3v) is 3.34. The highest BCUT2D eigenvalue weighted by Gasteiger charge is 2.12. The SMILES string of the molecule is Cl.O=C(Cc1cccc(F)c1F)NCCN1CCNCC1. The van der Waals surface area contributed by atoms with E-state index in [0.29, 0.717) is 6.54 Å². The van der Waals surface area contributed by atoms with Crippen LogP contribution in [0.3, 0.4) is 0 Å². The minimum absolute atomic E-state index is 0. The zero-order chi connectivity index (χ0) is 14.4. The number of halogens is 3. The van der Waals surface area contributed by atoms with Gasteiger partial charge in [0.05, 0.1) is 6.42 Å². The number of nitrogens with zero attached hydrogens (tertiary/aromatic N) is 1. The highest BCUT2D eigenvalue weighted by molar-refractivity contribution is 5.85. The van der Waals surface area contributed by atoms with E-state index in [1.165, 1.54) is 12.1 Å². The van der Waals surface area contributed by atoms with E-state index in [1.807, 2.05) is 0 Å². The van der Waals surface area contributed by atoms with Gasteiger partial charge < -0.3 is 10.6 Å². The minimum Gasteiger partial charge on any atom is -0.355 e. The number of carbonyl (C=O) groups is 1. The van der Waals surface area contributed by atoms with E-state index in [0.717, 1.165) is 38.8 Å². The molecule has 0 spiro atoms. The van der Waals surface area contributed by atoms with Crippen molar-refractivity contribution >= 4 is 18.3 Å². The van der Waals surface area contributed by atoms with Gasteiger partial charge in [-0.05, 0) is 6.07 Å². The van der Waals surface area contributed by atoms with Crippen molar-refractivity contribution in [2.24, 2.45) is 0 Å². The van der Waals surface area contributed by atoms with Crippen LogP contribution in [-0.2, 0) is 11.2 Å². The Kier molecular flexibility index (Phi) is 7.56. The molecule has 1 heterocycles. The second-order valence-electron chi connectivity index (χ2n) is 4.83. The second-order valence-corrected chi connectivity index (χ2v) is 4.83. The van der Waals surface area contributed by atoms with Crippen LogP contribution in [0.5, 0.6) is 0 Å². The predicted octanol–water partition coefficient (Wildman–Crippen LogP) is 0.950. The first kappa shape index (κ1) is 17.8. The normalized spacial score (nSPS) is 15.3. The van der Waals surface area contributed by atoms with Crippen molar-refractivity contribution in [3.05, 3.63) is 35.4 Å². The Labute approximate surface area is 129 Å². The van der Waals surface area contributed by atoms with Crippen LogP contribution in [0.15, 0.2) is 18.2 Å². The summed E-state index contributed by atoms with van der Waals surface area (Å²) in [4.78, 5) is 13.9. The maximum Gasteiger partial charge on any atom is 0.224 e. The molecule has 0 unspecified atom stereocenters. The van der Waals surface area contributed by atoms with Crippen molar-refractivity contribution in [2.45, 2.75) is 6.42 Å². The van der Waals surface area contributed by atoms with Crippen LogP contribution in [-0.4, -0.2) is 50.1 Å². The highest BCUT2D eigenvalue weighted by atomic mass is 35.5. The quantitative estimate of drug-likeness (QED) is 0.849. The lowest BCUT2D eigenvalue weighted by Gasteiger charge is -2.27. The van der Waals surface area contributed by atoms with Crippen LogP contribution in [0.25, 0.3) is 0 Å². The highest BCUT2D eigenvalue weighted by Crippen LogP contribution is 2.11. The molecule has 0 radical (unpaired) electrons. The molecule has 1 fully saturated rings. The van der Waals surface area contributed by atoms with Crippen LogP contribution in [0.2, 0.25) is 0 Å². The zero-order valence-corrected chi connectivity index (χ0v) is 12.5. The molecule has 7 heteroatoms. The van der Waals surface area contributed by atoms with E-state index < -0.39 is 11.6 Å². The third kappa shape index (κ3) is 5.57. The molecule has 1 amide bonds. The van der Waals surface area contributed by atoms with Gasteiger partial charge in [0, 0.05) is 44.8 Å². The van der Waals surface area contributed by atoms with Gasteiger partial charge in [-0.25, -0.2) is 8.78 Å². The van der Waals surface area contributed by atoms with E-state index in [-0.39, 0.29) is 30.3 Å². The van der Waals surface area contributed by atoms with Gasteiger partial charge in [0.2, 0.25) is 5.91 Å². The summed E-state index contributed by atoms with van der Waals surface area (Å²) < 4.78 is 26.4. The molecule has 0 aliphatic carbocycles. The average Bonchev–Trinajstić information content (AvgIpc) is 2.45. The molecule has 2 N–H and O–H groups in total. The predicted molar refractivity (Wildman–Crippen MR) is 79.6 cm³/mol. The standard InChI is InChI=1S/C14H19F2N3O.ClH/c15-12-3-1-2-11(14(12)16)10-13(20)18-6-9-19-7-4-17-5-8-19;/h1-3,17H,4-10H2,(H,18,20);1H. The van der Waals surface area contributed by atoms with Crippen LogP contribution in [0.1, 0.15) is 5.56 Å². The molecule has 0 saturated carbocycles. The Morgan fingerprint density at radius 2 is 2.00 bits per heavy atom. The number of hydrogen-bond acceptors (Lipinski definition) is 3.